The van der Waals surface area contributed by atoms with Crippen molar-refractivity contribution in [1.82, 2.24) is 4.90 Å². The molecular formula is C13H16F3NO. The van der Waals surface area contributed by atoms with Crippen LogP contribution in [0.2, 0.25) is 0 Å². The maximum atomic E-state index is 12.8. The number of alkyl halides is 3. The largest absolute Gasteiger partial charge is 0.416 e. The molecule has 1 fully saturated rings. The molecule has 1 aromatic rings. The van der Waals surface area contributed by atoms with Crippen molar-refractivity contribution < 1.29 is 18.3 Å². The summed E-state index contributed by atoms with van der Waals surface area (Å²) in [5, 5.41) is 9.18. The molecule has 18 heavy (non-hydrogen) atoms. The van der Waals surface area contributed by atoms with Crippen LogP contribution in [0.4, 0.5) is 13.2 Å². The standard InChI is InChI=1S/C13H16F3NO/c14-13(15,16)12-6-2-1-4-10(12)8-17-7-3-5-11(17)9-18/h1-2,4,6,11,18H,3,5,7-9H2. The number of rotatable bonds is 3. The first-order valence-electron chi connectivity index (χ1n) is 6.02. The Kier molecular flexibility index (Phi) is 3.92. The Morgan fingerprint density at radius 3 is 2.67 bits per heavy atom. The molecule has 1 heterocycles. The van der Waals surface area contributed by atoms with Crippen molar-refractivity contribution in [3.63, 3.8) is 0 Å². The minimum atomic E-state index is -4.31. The van der Waals surface area contributed by atoms with Crippen molar-refractivity contribution in [3.8, 4) is 0 Å². The summed E-state index contributed by atoms with van der Waals surface area (Å²) in [7, 11) is 0. The molecule has 1 aromatic carbocycles. The van der Waals surface area contributed by atoms with E-state index >= 15 is 0 Å². The fourth-order valence-corrected chi connectivity index (χ4v) is 2.46. The zero-order chi connectivity index (χ0) is 13.2. The van der Waals surface area contributed by atoms with Crippen LogP contribution in [0.5, 0.6) is 0 Å². The first-order chi connectivity index (χ1) is 8.52. The fraction of sp³-hybridized carbons (Fsp3) is 0.538. The van der Waals surface area contributed by atoms with Gasteiger partial charge >= 0.3 is 6.18 Å². The Labute approximate surface area is 104 Å². The summed E-state index contributed by atoms with van der Waals surface area (Å²) in [4.78, 5) is 1.92. The number of benzene rings is 1. The Bertz CT molecular complexity index is 405. The number of likely N-dealkylation sites (tertiary alicyclic amines) is 1. The maximum absolute atomic E-state index is 12.8. The fourth-order valence-electron chi connectivity index (χ4n) is 2.46. The molecule has 1 N–H and O–H groups in total. The lowest BCUT2D eigenvalue weighted by Gasteiger charge is -2.24. The number of nitrogens with zero attached hydrogens (tertiary/aromatic N) is 1. The molecule has 2 rings (SSSR count). The second kappa shape index (κ2) is 5.28. The molecule has 0 aromatic heterocycles. The molecule has 1 saturated heterocycles. The molecule has 100 valence electrons. The van der Waals surface area contributed by atoms with Crippen LogP contribution in [-0.4, -0.2) is 29.2 Å². The molecule has 1 unspecified atom stereocenters. The van der Waals surface area contributed by atoms with Gasteiger partial charge in [-0.2, -0.15) is 13.2 Å². The smallest absolute Gasteiger partial charge is 0.395 e. The molecule has 5 heteroatoms. The summed E-state index contributed by atoms with van der Waals surface area (Å²) < 4.78 is 38.5. The minimum absolute atomic E-state index is 0.00807. The molecule has 0 amide bonds. The molecule has 1 aliphatic rings. The van der Waals surface area contributed by atoms with Crippen molar-refractivity contribution in [2.24, 2.45) is 0 Å². The summed E-state index contributed by atoms with van der Waals surface area (Å²) in [6, 6.07) is 5.63. The van der Waals surface area contributed by atoms with Crippen LogP contribution in [0.3, 0.4) is 0 Å². The minimum Gasteiger partial charge on any atom is -0.395 e. The van der Waals surface area contributed by atoms with E-state index in [1.165, 1.54) is 12.1 Å². The van der Waals surface area contributed by atoms with Gasteiger partial charge in [-0.25, -0.2) is 0 Å². The van der Waals surface area contributed by atoms with Crippen molar-refractivity contribution in [2.75, 3.05) is 13.2 Å². The van der Waals surface area contributed by atoms with E-state index in [0.717, 1.165) is 25.5 Å². The van der Waals surface area contributed by atoms with Gasteiger partial charge in [-0.05, 0) is 31.0 Å². The van der Waals surface area contributed by atoms with Gasteiger partial charge in [0, 0.05) is 12.6 Å². The molecule has 1 aliphatic heterocycles. The van der Waals surface area contributed by atoms with Gasteiger partial charge < -0.3 is 5.11 Å². The average molecular weight is 259 g/mol. The zero-order valence-corrected chi connectivity index (χ0v) is 9.95. The van der Waals surface area contributed by atoms with Crippen LogP contribution >= 0.6 is 0 Å². The van der Waals surface area contributed by atoms with Crippen LogP contribution in [0, 0.1) is 0 Å². The zero-order valence-electron chi connectivity index (χ0n) is 9.95. The van der Waals surface area contributed by atoms with Crippen molar-refractivity contribution in [2.45, 2.75) is 31.6 Å². The van der Waals surface area contributed by atoms with Crippen LogP contribution in [-0.2, 0) is 12.7 Å². The third-order valence-electron chi connectivity index (χ3n) is 3.41. The second-order valence-corrected chi connectivity index (χ2v) is 4.60. The van der Waals surface area contributed by atoms with Crippen LogP contribution < -0.4 is 0 Å². The van der Waals surface area contributed by atoms with Crippen LogP contribution in [0.25, 0.3) is 0 Å². The van der Waals surface area contributed by atoms with E-state index in [2.05, 4.69) is 0 Å². The SMILES string of the molecule is OCC1CCCN1Cc1ccccc1C(F)(F)F. The van der Waals surface area contributed by atoms with Gasteiger partial charge in [-0.1, -0.05) is 18.2 Å². The monoisotopic (exact) mass is 259 g/mol. The first kappa shape index (κ1) is 13.4. The highest BCUT2D eigenvalue weighted by Gasteiger charge is 2.34. The van der Waals surface area contributed by atoms with Gasteiger partial charge in [0.05, 0.1) is 12.2 Å². The Morgan fingerprint density at radius 1 is 1.28 bits per heavy atom. The van der Waals surface area contributed by atoms with E-state index in [0.29, 0.717) is 0 Å². The Hall–Kier alpha value is -1.07. The van der Waals surface area contributed by atoms with Gasteiger partial charge in [-0.3, -0.25) is 4.90 Å². The van der Waals surface area contributed by atoms with E-state index in [-0.39, 0.29) is 24.8 Å². The molecule has 0 bridgehead atoms. The Morgan fingerprint density at radius 2 is 2.00 bits per heavy atom. The van der Waals surface area contributed by atoms with Gasteiger partial charge in [0.1, 0.15) is 0 Å². The van der Waals surface area contributed by atoms with Crippen LogP contribution in [0.15, 0.2) is 24.3 Å². The molecule has 0 aliphatic carbocycles. The van der Waals surface area contributed by atoms with E-state index in [4.69, 9.17) is 0 Å². The molecular weight excluding hydrogens is 243 g/mol. The molecule has 1 atom stereocenters. The average Bonchev–Trinajstić information content (AvgIpc) is 2.75. The highest BCUT2D eigenvalue weighted by molar-refractivity contribution is 5.29. The topological polar surface area (TPSA) is 23.5 Å². The number of hydrogen-bond donors (Lipinski definition) is 1. The molecule has 0 saturated carbocycles. The summed E-state index contributed by atoms with van der Waals surface area (Å²) in [6.45, 7) is 1.01. The number of aliphatic hydroxyl groups excluding tert-OH is 1. The maximum Gasteiger partial charge on any atom is 0.416 e. The highest BCUT2D eigenvalue weighted by Crippen LogP contribution is 2.33. The molecule has 0 spiro atoms. The van der Waals surface area contributed by atoms with Crippen molar-refractivity contribution in [3.05, 3.63) is 35.4 Å². The summed E-state index contributed by atoms with van der Waals surface area (Å²) >= 11 is 0. The van der Waals surface area contributed by atoms with E-state index in [1.807, 2.05) is 4.90 Å². The van der Waals surface area contributed by atoms with E-state index in [1.54, 1.807) is 6.07 Å². The number of halogens is 3. The molecule has 2 nitrogen and oxygen atoms in total. The van der Waals surface area contributed by atoms with E-state index < -0.39 is 11.7 Å². The predicted molar refractivity (Wildman–Crippen MR) is 62.0 cm³/mol. The third kappa shape index (κ3) is 2.84. The summed E-state index contributed by atoms with van der Waals surface area (Å²) in [5.74, 6) is 0. The van der Waals surface area contributed by atoms with E-state index in [9.17, 15) is 18.3 Å². The lowest BCUT2D eigenvalue weighted by molar-refractivity contribution is -0.138. The van der Waals surface area contributed by atoms with Gasteiger partial charge in [-0.15, -0.1) is 0 Å². The summed E-state index contributed by atoms with van der Waals surface area (Å²) in [6.07, 6.45) is -2.53. The quantitative estimate of drug-likeness (QED) is 0.902. The molecule has 0 radical (unpaired) electrons. The normalized spacial score (nSPS) is 21.4. The predicted octanol–water partition coefficient (Wildman–Crippen LogP) is 2.66. The lowest BCUT2D eigenvalue weighted by atomic mass is 10.1. The van der Waals surface area contributed by atoms with Crippen molar-refractivity contribution in [1.29, 1.82) is 0 Å². The number of hydrogen-bond acceptors (Lipinski definition) is 2. The first-order valence-corrected chi connectivity index (χ1v) is 6.02. The second-order valence-electron chi connectivity index (χ2n) is 4.60. The van der Waals surface area contributed by atoms with Crippen molar-refractivity contribution >= 4 is 0 Å². The van der Waals surface area contributed by atoms with Gasteiger partial charge in [0.15, 0.2) is 0 Å². The third-order valence-corrected chi connectivity index (χ3v) is 3.41. The van der Waals surface area contributed by atoms with Crippen LogP contribution in [0.1, 0.15) is 24.0 Å². The summed E-state index contributed by atoms with van der Waals surface area (Å²) in [5.41, 5.74) is -0.293. The highest BCUT2D eigenvalue weighted by atomic mass is 19.4. The Balaban J connectivity index is 2.19. The lowest BCUT2D eigenvalue weighted by Crippen LogP contribution is -2.32. The van der Waals surface area contributed by atoms with Gasteiger partial charge in [0.25, 0.3) is 0 Å². The van der Waals surface area contributed by atoms with Gasteiger partial charge in [0.2, 0.25) is 0 Å². The number of aliphatic hydroxyl groups is 1.